The molecule has 1 rings (SSSR count). The predicted octanol–water partition coefficient (Wildman–Crippen LogP) is 1.92. The molecule has 16 heavy (non-hydrogen) atoms. The maximum Gasteiger partial charge on any atom is 0.328 e. The van der Waals surface area contributed by atoms with Crippen LogP contribution in [0.4, 0.5) is 0 Å². The van der Waals surface area contributed by atoms with Gasteiger partial charge in [0.05, 0.1) is 6.42 Å². The molecule has 0 aliphatic heterocycles. The Morgan fingerprint density at radius 1 is 1.25 bits per heavy atom. The SMILES string of the molecule is O=C(O)/C=C(\CC(=O)O)c1ccccc1S. The van der Waals surface area contributed by atoms with Crippen LogP contribution in [0.5, 0.6) is 0 Å². The molecule has 0 aliphatic carbocycles. The molecule has 5 heteroatoms. The van der Waals surface area contributed by atoms with Gasteiger partial charge in [0, 0.05) is 11.0 Å². The van der Waals surface area contributed by atoms with E-state index in [-0.39, 0.29) is 12.0 Å². The van der Waals surface area contributed by atoms with Gasteiger partial charge in [-0.2, -0.15) is 0 Å². The Balaban J connectivity index is 3.16. The molecule has 0 bridgehead atoms. The van der Waals surface area contributed by atoms with Crippen LogP contribution in [0.3, 0.4) is 0 Å². The van der Waals surface area contributed by atoms with Gasteiger partial charge >= 0.3 is 11.9 Å². The van der Waals surface area contributed by atoms with Crippen molar-refractivity contribution >= 4 is 30.1 Å². The number of carboxylic acid groups (broad SMARTS) is 2. The molecule has 0 atom stereocenters. The summed E-state index contributed by atoms with van der Waals surface area (Å²) < 4.78 is 0. The van der Waals surface area contributed by atoms with E-state index >= 15 is 0 Å². The zero-order valence-electron chi connectivity index (χ0n) is 8.25. The van der Waals surface area contributed by atoms with Crippen molar-refractivity contribution in [3.63, 3.8) is 0 Å². The van der Waals surface area contributed by atoms with Crippen molar-refractivity contribution in [1.29, 1.82) is 0 Å². The zero-order chi connectivity index (χ0) is 12.1. The lowest BCUT2D eigenvalue weighted by molar-refractivity contribution is -0.135. The Labute approximate surface area is 97.6 Å². The second-order valence-electron chi connectivity index (χ2n) is 3.10. The Hall–Kier alpha value is -1.75. The standard InChI is InChI=1S/C11H10O4S/c12-10(13)5-7(6-11(14)15)8-3-1-2-4-9(8)16/h1-5,16H,6H2,(H,12,13)(H,14,15)/b7-5+. The summed E-state index contributed by atoms with van der Waals surface area (Å²) >= 11 is 4.16. The average Bonchev–Trinajstić information content (AvgIpc) is 2.15. The fourth-order valence-electron chi connectivity index (χ4n) is 1.28. The molecule has 0 saturated heterocycles. The maximum absolute atomic E-state index is 10.6. The number of hydrogen-bond acceptors (Lipinski definition) is 3. The van der Waals surface area contributed by atoms with Crippen LogP contribution in [0.2, 0.25) is 0 Å². The quantitative estimate of drug-likeness (QED) is 0.553. The Bertz CT molecular complexity index is 451. The van der Waals surface area contributed by atoms with Gasteiger partial charge in [-0.1, -0.05) is 18.2 Å². The molecule has 2 N–H and O–H groups in total. The van der Waals surface area contributed by atoms with E-state index in [0.717, 1.165) is 6.08 Å². The Morgan fingerprint density at radius 2 is 1.88 bits per heavy atom. The van der Waals surface area contributed by atoms with Gasteiger partial charge in [0.1, 0.15) is 0 Å². The van der Waals surface area contributed by atoms with Gasteiger partial charge in [-0.15, -0.1) is 12.6 Å². The number of hydrogen-bond donors (Lipinski definition) is 3. The van der Waals surface area contributed by atoms with Crippen LogP contribution in [-0.2, 0) is 9.59 Å². The molecule has 0 spiro atoms. The third kappa shape index (κ3) is 3.43. The van der Waals surface area contributed by atoms with Crippen LogP contribution >= 0.6 is 12.6 Å². The first-order valence-corrected chi connectivity index (χ1v) is 4.89. The summed E-state index contributed by atoms with van der Waals surface area (Å²) in [5.41, 5.74) is 0.751. The third-order valence-corrected chi connectivity index (χ3v) is 2.28. The van der Waals surface area contributed by atoms with Crippen LogP contribution in [0.15, 0.2) is 35.2 Å². The van der Waals surface area contributed by atoms with E-state index in [4.69, 9.17) is 10.2 Å². The monoisotopic (exact) mass is 238 g/mol. The second-order valence-corrected chi connectivity index (χ2v) is 3.58. The molecule has 1 aromatic rings. The molecule has 0 fully saturated rings. The highest BCUT2D eigenvalue weighted by Crippen LogP contribution is 2.24. The third-order valence-electron chi connectivity index (χ3n) is 1.89. The van der Waals surface area contributed by atoms with E-state index in [1.165, 1.54) is 0 Å². The van der Waals surface area contributed by atoms with Crippen molar-refractivity contribution in [3.05, 3.63) is 35.9 Å². The number of carbonyl (C=O) groups is 2. The molecule has 0 saturated carbocycles. The van der Waals surface area contributed by atoms with Gasteiger partial charge in [0.15, 0.2) is 0 Å². The molecular formula is C11H10O4S. The van der Waals surface area contributed by atoms with Gasteiger partial charge in [-0.05, 0) is 17.2 Å². The summed E-state index contributed by atoms with van der Waals surface area (Å²) in [7, 11) is 0. The molecule has 0 heterocycles. The summed E-state index contributed by atoms with van der Waals surface area (Å²) in [5.74, 6) is -2.25. The van der Waals surface area contributed by atoms with E-state index in [2.05, 4.69) is 12.6 Å². The number of aliphatic carboxylic acids is 2. The van der Waals surface area contributed by atoms with Crippen LogP contribution in [-0.4, -0.2) is 22.2 Å². The van der Waals surface area contributed by atoms with Gasteiger partial charge in [0.2, 0.25) is 0 Å². The maximum atomic E-state index is 10.6. The highest BCUT2D eigenvalue weighted by atomic mass is 32.1. The molecule has 0 amide bonds. The highest BCUT2D eigenvalue weighted by Gasteiger charge is 2.10. The molecule has 1 aromatic carbocycles. The number of benzene rings is 1. The summed E-state index contributed by atoms with van der Waals surface area (Å²) in [5, 5.41) is 17.3. The van der Waals surface area contributed by atoms with Gasteiger partial charge in [0.25, 0.3) is 0 Å². The largest absolute Gasteiger partial charge is 0.481 e. The fraction of sp³-hybridized carbons (Fsp3) is 0.0909. The average molecular weight is 238 g/mol. The minimum atomic E-state index is -1.17. The lowest BCUT2D eigenvalue weighted by atomic mass is 10.0. The predicted molar refractivity (Wildman–Crippen MR) is 61.6 cm³/mol. The minimum absolute atomic E-state index is 0.227. The summed E-state index contributed by atoms with van der Waals surface area (Å²) in [4.78, 5) is 21.8. The molecule has 0 radical (unpaired) electrons. The van der Waals surface area contributed by atoms with Crippen molar-refractivity contribution in [2.75, 3.05) is 0 Å². The van der Waals surface area contributed by atoms with E-state index in [1.54, 1.807) is 24.3 Å². The van der Waals surface area contributed by atoms with Gasteiger partial charge in [-0.3, -0.25) is 4.79 Å². The van der Waals surface area contributed by atoms with Crippen molar-refractivity contribution in [2.45, 2.75) is 11.3 Å². The normalized spacial score (nSPS) is 11.2. The summed E-state index contributed by atoms with van der Waals surface area (Å²) in [6, 6.07) is 6.76. The lowest BCUT2D eigenvalue weighted by Crippen LogP contribution is -2.00. The van der Waals surface area contributed by atoms with Crippen molar-refractivity contribution < 1.29 is 19.8 Å². The molecule has 0 unspecified atom stereocenters. The first-order chi connectivity index (χ1) is 7.50. The summed E-state index contributed by atoms with van der Waals surface area (Å²) in [6.07, 6.45) is 0.549. The number of rotatable bonds is 4. The molecular weight excluding hydrogens is 228 g/mol. The number of carboxylic acids is 2. The minimum Gasteiger partial charge on any atom is -0.481 e. The van der Waals surface area contributed by atoms with E-state index in [0.29, 0.717) is 10.5 Å². The van der Waals surface area contributed by atoms with Gasteiger partial charge < -0.3 is 10.2 Å². The van der Waals surface area contributed by atoms with Crippen LogP contribution in [0.1, 0.15) is 12.0 Å². The van der Waals surface area contributed by atoms with Crippen LogP contribution < -0.4 is 0 Å². The Morgan fingerprint density at radius 3 is 2.38 bits per heavy atom. The first-order valence-electron chi connectivity index (χ1n) is 4.44. The van der Waals surface area contributed by atoms with Crippen LogP contribution in [0.25, 0.3) is 5.57 Å². The smallest absolute Gasteiger partial charge is 0.328 e. The zero-order valence-corrected chi connectivity index (χ0v) is 9.15. The Kier molecular flexibility index (Phi) is 4.13. The molecule has 0 aromatic heterocycles. The van der Waals surface area contributed by atoms with E-state index in [9.17, 15) is 9.59 Å². The molecule has 84 valence electrons. The molecule has 4 nitrogen and oxygen atoms in total. The van der Waals surface area contributed by atoms with E-state index < -0.39 is 11.9 Å². The van der Waals surface area contributed by atoms with Crippen molar-refractivity contribution in [3.8, 4) is 0 Å². The first kappa shape index (κ1) is 12.3. The fourth-order valence-corrected chi connectivity index (χ4v) is 1.59. The second kappa shape index (κ2) is 5.37. The topological polar surface area (TPSA) is 74.6 Å². The van der Waals surface area contributed by atoms with Crippen LogP contribution in [0, 0.1) is 0 Å². The van der Waals surface area contributed by atoms with E-state index in [1.807, 2.05) is 0 Å². The van der Waals surface area contributed by atoms with Crippen molar-refractivity contribution in [1.82, 2.24) is 0 Å². The molecule has 0 aliphatic rings. The number of thiol groups is 1. The van der Waals surface area contributed by atoms with Crippen molar-refractivity contribution in [2.24, 2.45) is 0 Å². The van der Waals surface area contributed by atoms with Gasteiger partial charge in [-0.25, -0.2) is 4.79 Å². The lowest BCUT2D eigenvalue weighted by Gasteiger charge is -2.06. The summed E-state index contributed by atoms with van der Waals surface area (Å²) in [6.45, 7) is 0. The highest BCUT2D eigenvalue weighted by molar-refractivity contribution is 7.80.